The van der Waals surface area contributed by atoms with E-state index in [0.29, 0.717) is 31.8 Å². The third-order valence-corrected chi connectivity index (χ3v) is 3.33. The molecule has 1 unspecified atom stereocenters. The molecule has 4 heteroatoms. The van der Waals surface area contributed by atoms with Gasteiger partial charge in [-0.2, -0.15) is 0 Å². The van der Waals surface area contributed by atoms with Gasteiger partial charge in [-0.15, -0.1) is 0 Å². The van der Waals surface area contributed by atoms with Gasteiger partial charge in [-0.3, -0.25) is 4.79 Å². The van der Waals surface area contributed by atoms with Gasteiger partial charge in [-0.05, 0) is 24.6 Å². The van der Waals surface area contributed by atoms with Crippen LogP contribution in [0.3, 0.4) is 0 Å². The molecule has 4 nitrogen and oxygen atoms in total. The zero-order chi connectivity index (χ0) is 14.4. The molecule has 1 heterocycles. The molecule has 0 aromatic heterocycles. The van der Waals surface area contributed by atoms with Crippen LogP contribution in [0, 0.1) is 11.8 Å². The predicted octanol–water partition coefficient (Wildman–Crippen LogP) is 1.25. The monoisotopic (exact) mass is 272 g/mol. The second kappa shape index (κ2) is 7.09. The number of morpholine rings is 1. The summed E-state index contributed by atoms with van der Waals surface area (Å²) in [5.74, 6) is 5.80. The highest BCUT2D eigenvalue weighted by molar-refractivity contribution is 5.94. The molecule has 1 aliphatic heterocycles. The van der Waals surface area contributed by atoms with Crippen molar-refractivity contribution in [2.24, 2.45) is 5.73 Å². The molecule has 1 aromatic carbocycles. The highest BCUT2D eigenvalue weighted by atomic mass is 16.5. The number of amides is 1. The van der Waals surface area contributed by atoms with Crippen LogP contribution < -0.4 is 5.73 Å². The topological polar surface area (TPSA) is 55.6 Å². The van der Waals surface area contributed by atoms with Crippen molar-refractivity contribution in [2.45, 2.75) is 19.4 Å². The first-order valence-electron chi connectivity index (χ1n) is 6.94. The number of ether oxygens (including phenoxy) is 1. The highest BCUT2D eigenvalue weighted by Crippen LogP contribution is 2.13. The third-order valence-electron chi connectivity index (χ3n) is 3.33. The molecule has 106 valence electrons. The van der Waals surface area contributed by atoms with E-state index >= 15 is 0 Å². The number of benzene rings is 1. The minimum absolute atomic E-state index is 0.0446. The molecule has 1 fully saturated rings. The van der Waals surface area contributed by atoms with E-state index in [1.54, 1.807) is 0 Å². The first-order valence-corrected chi connectivity index (χ1v) is 6.94. The van der Waals surface area contributed by atoms with Gasteiger partial charge >= 0.3 is 0 Å². The number of rotatable bonds is 2. The van der Waals surface area contributed by atoms with Gasteiger partial charge in [0.15, 0.2) is 0 Å². The molecule has 0 radical (unpaired) electrons. The van der Waals surface area contributed by atoms with E-state index in [4.69, 9.17) is 10.5 Å². The van der Waals surface area contributed by atoms with Crippen molar-refractivity contribution in [3.63, 3.8) is 0 Å². The Balaban J connectivity index is 2.12. The van der Waals surface area contributed by atoms with Gasteiger partial charge < -0.3 is 15.4 Å². The molecule has 1 atom stereocenters. The summed E-state index contributed by atoms with van der Waals surface area (Å²) in [6.45, 7) is 4.31. The summed E-state index contributed by atoms with van der Waals surface area (Å²) in [7, 11) is 0. The van der Waals surface area contributed by atoms with Crippen molar-refractivity contribution >= 4 is 5.91 Å². The Kier molecular flexibility index (Phi) is 5.16. The van der Waals surface area contributed by atoms with Crippen LogP contribution in [0.4, 0.5) is 0 Å². The Morgan fingerprint density at radius 2 is 2.40 bits per heavy atom. The lowest BCUT2D eigenvalue weighted by atomic mass is 10.1. The minimum Gasteiger partial charge on any atom is -0.375 e. The number of hydrogen-bond acceptors (Lipinski definition) is 3. The van der Waals surface area contributed by atoms with Crippen LogP contribution in [-0.2, 0) is 4.74 Å². The molecule has 1 amide bonds. The summed E-state index contributed by atoms with van der Waals surface area (Å²) in [5.41, 5.74) is 6.85. The van der Waals surface area contributed by atoms with Crippen LogP contribution in [0.15, 0.2) is 24.3 Å². The van der Waals surface area contributed by atoms with E-state index in [9.17, 15) is 4.79 Å². The van der Waals surface area contributed by atoms with Crippen LogP contribution in [0.25, 0.3) is 0 Å². The Labute approximate surface area is 119 Å². The summed E-state index contributed by atoms with van der Waals surface area (Å²) in [4.78, 5) is 14.3. The van der Waals surface area contributed by atoms with Crippen LogP contribution >= 0.6 is 0 Å². The summed E-state index contributed by atoms with van der Waals surface area (Å²) in [6.07, 6.45) is 1.07. The maximum atomic E-state index is 12.5. The highest BCUT2D eigenvalue weighted by Gasteiger charge is 2.23. The molecule has 0 saturated carbocycles. The molecule has 0 bridgehead atoms. The average molecular weight is 272 g/mol. The van der Waals surface area contributed by atoms with Gasteiger partial charge in [0.2, 0.25) is 0 Å². The van der Waals surface area contributed by atoms with E-state index in [2.05, 4.69) is 18.8 Å². The summed E-state index contributed by atoms with van der Waals surface area (Å²) < 4.78 is 5.59. The lowest BCUT2D eigenvalue weighted by Gasteiger charge is -2.32. The molecule has 1 aliphatic rings. The second-order valence-electron chi connectivity index (χ2n) is 4.74. The molecule has 20 heavy (non-hydrogen) atoms. The summed E-state index contributed by atoms with van der Waals surface area (Å²) in [5, 5.41) is 0. The number of carbonyl (C=O) groups excluding carboxylic acids is 1. The molecular formula is C16H20N2O2. The van der Waals surface area contributed by atoms with Crippen LogP contribution in [0.2, 0.25) is 0 Å². The smallest absolute Gasteiger partial charge is 0.254 e. The van der Waals surface area contributed by atoms with Crippen molar-refractivity contribution in [2.75, 3.05) is 26.2 Å². The van der Waals surface area contributed by atoms with E-state index in [1.165, 1.54) is 0 Å². The van der Waals surface area contributed by atoms with Crippen LogP contribution in [-0.4, -0.2) is 43.2 Å². The third kappa shape index (κ3) is 3.60. The Hall–Kier alpha value is -1.83. The maximum absolute atomic E-state index is 12.5. The summed E-state index contributed by atoms with van der Waals surface area (Å²) >= 11 is 0. The average Bonchev–Trinajstić information content (AvgIpc) is 2.52. The second-order valence-corrected chi connectivity index (χ2v) is 4.74. The zero-order valence-electron chi connectivity index (χ0n) is 11.8. The van der Waals surface area contributed by atoms with Crippen molar-refractivity contribution in [1.82, 2.24) is 4.90 Å². The quantitative estimate of drug-likeness (QED) is 0.824. The fourth-order valence-electron chi connectivity index (χ4n) is 2.22. The molecule has 2 rings (SSSR count). The Morgan fingerprint density at radius 1 is 1.55 bits per heavy atom. The van der Waals surface area contributed by atoms with Crippen LogP contribution in [0.5, 0.6) is 0 Å². The standard InChI is InChI=1S/C16H20N2O2/c1-2-15-12-18(9-10-20-15)16(19)14-7-3-5-13(11-14)6-4-8-17/h3,5,7,11,15H,2,8-10,12,17H2,1H3. The van der Waals surface area contributed by atoms with E-state index in [-0.39, 0.29) is 12.0 Å². The van der Waals surface area contributed by atoms with Crippen molar-refractivity contribution < 1.29 is 9.53 Å². The Bertz CT molecular complexity index is 531. The van der Waals surface area contributed by atoms with Gasteiger partial charge in [0.05, 0.1) is 19.3 Å². The lowest BCUT2D eigenvalue weighted by Crippen LogP contribution is -2.45. The molecule has 0 spiro atoms. The van der Waals surface area contributed by atoms with E-state index in [1.807, 2.05) is 29.2 Å². The van der Waals surface area contributed by atoms with Gasteiger partial charge in [-0.1, -0.05) is 24.8 Å². The Morgan fingerprint density at radius 3 is 3.15 bits per heavy atom. The first kappa shape index (κ1) is 14.6. The van der Waals surface area contributed by atoms with Crippen molar-refractivity contribution in [3.8, 4) is 11.8 Å². The van der Waals surface area contributed by atoms with Crippen LogP contribution in [0.1, 0.15) is 29.3 Å². The van der Waals surface area contributed by atoms with Gasteiger partial charge in [0.1, 0.15) is 0 Å². The SMILES string of the molecule is CCC1CN(C(=O)c2cccc(C#CCN)c2)CCO1. The fourth-order valence-corrected chi connectivity index (χ4v) is 2.22. The number of hydrogen-bond donors (Lipinski definition) is 1. The van der Waals surface area contributed by atoms with Crippen molar-refractivity contribution in [3.05, 3.63) is 35.4 Å². The molecule has 1 aromatic rings. The van der Waals surface area contributed by atoms with Gasteiger partial charge in [0.25, 0.3) is 5.91 Å². The predicted molar refractivity (Wildman–Crippen MR) is 78.3 cm³/mol. The molecule has 2 N–H and O–H groups in total. The van der Waals surface area contributed by atoms with E-state index in [0.717, 1.165) is 12.0 Å². The minimum atomic E-state index is 0.0446. The lowest BCUT2D eigenvalue weighted by molar-refractivity contribution is -0.0226. The number of nitrogens with zero attached hydrogens (tertiary/aromatic N) is 1. The van der Waals surface area contributed by atoms with Gasteiger partial charge in [-0.25, -0.2) is 0 Å². The normalized spacial score (nSPS) is 18.3. The number of nitrogens with two attached hydrogens (primary N) is 1. The summed E-state index contributed by atoms with van der Waals surface area (Å²) in [6, 6.07) is 7.38. The zero-order valence-corrected chi connectivity index (χ0v) is 11.8. The number of carbonyl (C=O) groups is 1. The van der Waals surface area contributed by atoms with Crippen molar-refractivity contribution in [1.29, 1.82) is 0 Å². The van der Waals surface area contributed by atoms with Gasteiger partial charge in [0, 0.05) is 24.2 Å². The van der Waals surface area contributed by atoms with E-state index < -0.39 is 0 Å². The molecular weight excluding hydrogens is 252 g/mol. The fraction of sp³-hybridized carbons (Fsp3) is 0.438. The maximum Gasteiger partial charge on any atom is 0.254 e. The molecule has 1 saturated heterocycles. The first-order chi connectivity index (χ1) is 9.74. The largest absolute Gasteiger partial charge is 0.375 e. The molecule has 0 aliphatic carbocycles.